The first-order chi connectivity index (χ1) is 16.6. The molecular weight excluding hydrogens is 466 g/mol. The van der Waals surface area contributed by atoms with Crippen LogP contribution < -0.4 is 10.2 Å². The molecule has 35 heavy (non-hydrogen) atoms. The van der Waals surface area contributed by atoms with Crippen LogP contribution in [0, 0.1) is 6.92 Å². The molecule has 2 unspecified atom stereocenters. The molecule has 3 aliphatic rings. The first kappa shape index (κ1) is 22.7. The van der Waals surface area contributed by atoms with Gasteiger partial charge in [0.25, 0.3) is 11.8 Å². The molecule has 5 rings (SSSR count). The van der Waals surface area contributed by atoms with Gasteiger partial charge >= 0.3 is 6.03 Å². The molecule has 0 aromatic carbocycles. The summed E-state index contributed by atoms with van der Waals surface area (Å²) in [6.45, 7) is 0.540. The molecule has 1 N–H and O–H groups in total. The Kier molecular flexibility index (Phi) is 5.37. The van der Waals surface area contributed by atoms with Gasteiger partial charge in [-0.25, -0.2) is 23.6 Å². The zero-order valence-corrected chi connectivity index (χ0v) is 18.9. The Morgan fingerprint density at radius 3 is 2.74 bits per heavy atom. The lowest BCUT2D eigenvalue weighted by Crippen LogP contribution is -2.64. The number of imide groups is 1. The number of nitrogens with zero attached hydrogens (tertiary/aromatic N) is 7. The van der Waals surface area contributed by atoms with Crippen LogP contribution >= 0.6 is 0 Å². The van der Waals surface area contributed by atoms with Crippen LogP contribution in [0.3, 0.4) is 0 Å². The normalized spacial score (nSPS) is 23.0. The molecule has 14 heteroatoms. The molecule has 184 valence electrons. The summed E-state index contributed by atoms with van der Waals surface area (Å²) in [7, 11) is 1.53. The average Bonchev–Trinajstić information content (AvgIpc) is 3.39. The van der Waals surface area contributed by atoms with E-state index in [9.17, 15) is 23.2 Å². The average molecular weight is 488 g/mol. The molecule has 3 aliphatic heterocycles. The van der Waals surface area contributed by atoms with E-state index in [1.165, 1.54) is 28.1 Å². The molecule has 0 aliphatic carbocycles. The topological polar surface area (TPSA) is 127 Å². The molecule has 2 aromatic rings. The number of alkyl halides is 2. The molecule has 2 saturated heterocycles. The molecular formula is C21H22F2N8O4. The number of carbonyl (C=O) groups is 3. The Morgan fingerprint density at radius 2 is 2.06 bits per heavy atom. The van der Waals surface area contributed by atoms with E-state index in [0.717, 1.165) is 4.90 Å². The van der Waals surface area contributed by atoms with Crippen molar-refractivity contribution in [1.82, 2.24) is 24.8 Å². The maximum Gasteiger partial charge on any atom is 0.328 e. The van der Waals surface area contributed by atoms with Gasteiger partial charge in [-0.2, -0.15) is 0 Å². The molecule has 2 fully saturated rings. The van der Waals surface area contributed by atoms with Crippen LogP contribution in [0.25, 0.3) is 0 Å². The van der Waals surface area contributed by atoms with E-state index in [1.54, 1.807) is 31.2 Å². The summed E-state index contributed by atoms with van der Waals surface area (Å²) in [6, 6.07) is 4.94. The van der Waals surface area contributed by atoms with Gasteiger partial charge in [0, 0.05) is 13.1 Å². The molecule has 2 aromatic heterocycles. The van der Waals surface area contributed by atoms with Crippen molar-refractivity contribution in [3.05, 3.63) is 35.7 Å². The third-order valence-corrected chi connectivity index (χ3v) is 5.95. The highest BCUT2D eigenvalue weighted by Crippen LogP contribution is 2.31. The zero-order valence-electron chi connectivity index (χ0n) is 18.9. The molecule has 0 bridgehead atoms. The van der Waals surface area contributed by atoms with Gasteiger partial charge in [0.05, 0.1) is 32.5 Å². The third kappa shape index (κ3) is 4.26. The number of fused-ring (bicyclic) bond motifs is 1. The minimum Gasteiger partial charge on any atom is -0.361 e. The molecule has 0 radical (unpaired) electrons. The number of hydrogen-bond acceptors (Lipinski definition) is 9. The van der Waals surface area contributed by atoms with Crippen LogP contribution in [0.15, 0.2) is 33.8 Å². The second-order valence-corrected chi connectivity index (χ2v) is 8.68. The van der Waals surface area contributed by atoms with Crippen LogP contribution in [-0.4, -0.2) is 93.8 Å². The van der Waals surface area contributed by atoms with Crippen molar-refractivity contribution in [2.45, 2.75) is 31.6 Å². The highest BCUT2D eigenvalue weighted by atomic mass is 19.3. The van der Waals surface area contributed by atoms with Gasteiger partial charge in [-0.1, -0.05) is 11.2 Å². The van der Waals surface area contributed by atoms with Gasteiger partial charge in [-0.05, 0) is 19.1 Å². The standard InChI is InChI=1S/C21H22F2N8O4/c1-12-6-13(27-35-12)7-31-19(33)17-18(28(2)20(31)34)24-11-29(17)8-16(32)26-14-4-3-5-15(25-14)30-9-21(22,23)10-30/h3-6,11,17-18H,7-10H2,1-2H3,(H,25,26,32). The Morgan fingerprint density at radius 1 is 1.29 bits per heavy atom. The number of carbonyl (C=O) groups excluding carboxylic acids is 3. The van der Waals surface area contributed by atoms with Crippen molar-refractivity contribution >= 4 is 35.8 Å². The maximum absolute atomic E-state index is 13.2. The molecule has 12 nitrogen and oxygen atoms in total. The Bertz CT molecular complexity index is 1210. The SMILES string of the molecule is Cc1cc(CN2C(=O)C3C(N=CN3CC(=O)Nc3cccc(N4CC(F)(F)C4)n3)N(C)C2=O)no1. The summed E-state index contributed by atoms with van der Waals surface area (Å²) in [5.74, 6) is -2.66. The number of urea groups is 1. The number of halogens is 2. The van der Waals surface area contributed by atoms with Crippen LogP contribution in [0.5, 0.6) is 0 Å². The number of aromatic nitrogens is 2. The fourth-order valence-electron chi connectivity index (χ4n) is 4.25. The van der Waals surface area contributed by atoms with E-state index < -0.39 is 49.1 Å². The summed E-state index contributed by atoms with van der Waals surface area (Å²) in [5.41, 5.74) is 0.421. The van der Waals surface area contributed by atoms with Crippen LogP contribution in [-0.2, 0) is 16.1 Å². The van der Waals surface area contributed by atoms with Gasteiger partial charge in [-0.15, -0.1) is 0 Å². The monoisotopic (exact) mass is 488 g/mol. The number of anilines is 2. The van der Waals surface area contributed by atoms with E-state index in [0.29, 0.717) is 17.3 Å². The lowest BCUT2D eigenvalue weighted by Gasteiger charge is -2.40. The van der Waals surface area contributed by atoms with E-state index in [1.807, 2.05) is 0 Å². The van der Waals surface area contributed by atoms with Crippen LogP contribution in [0.1, 0.15) is 11.5 Å². The first-order valence-corrected chi connectivity index (χ1v) is 10.8. The number of likely N-dealkylation sites (N-methyl/N-ethyl adjacent to an activating group) is 1. The molecule has 4 amide bonds. The van der Waals surface area contributed by atoms with Crippen molar-refractivity contribution in [1.29, 1.82) is 0 Å². The van der Waals surface area contributed by atoms with Gasteiger partial charge in [0.1, 0.15) is 23.1 Å². The Balaban J connectivity index is 1.25. The second-order valence-electron chi connectivity index (χ2n) is 8.68. The van der Waals surface area contributed by atoms with E-state index in [2.05, 4.69) is 20.4 Å². The number of pyridine rings is 1. The molecule has 5 heterocycles. The number of amides is 4. The van der Waals surface area contributed by atoms with E-state index >= 15 is 0 Å². The quantitative estimate of drug-likeness (QED) is 0.636. The highest BCUT2D eigenvalue weighted by Gasteiger charge is 2.50. The van der Waals surface area contributed by atoms with E-state index in [-0.39, 0.29) is 18.9 Å². The maximum atomic E-state index is 13.2. The zero-order chi connectivity index (χ0) is 24.9. The highest BCUT2D eigenvalue weighted by molar-refractivity contribution is 6.03. The van der Waals surface area contributed by atoms with Gasteiger partial charge in [0.2, 0.25) is 5.91 Å². The number of aliphatic imine (C=N–C) groups is 1. The summed E-state index contributed by atoms with van der Waals surface area (Å²) >= 11 is 0. The van der Waals surface area contributed by atoms with Crippen molar-refractivity contribution in [3.63, 3.8) is 0 Å². The fraction of sp³-hybridized carbons (Fsp3) is 0.429. The number of nitrogens with one attached hydrogen (secondary N) is 1. The number of aryl methyl sites for hydroxylation is 1. The lowest BCUT2D eigenvalue weighted by molar-refractivity contribution is -0.138. The summed E-state index contributed by atoms with van der Waals surface area (Å²) in [4.78, 5) is 52.4. The van der Waals surface area contributed by atoms with Crippen LogP contribution in [0.4, 0.5) is 25.2 Å². The summed E-state index contributed by atoms with van der Waals surface area (Å²) < 4.78 is 31.3. The predicted octanol–water partition coefficient (Wildman–Crippen LogP) is 0.905. The summed E-state index contributed by atoms with van der Waals surface area (Å²) in [5, 5.41) is 6.46. The largest absolute Gasteiger partial charge is 0.361 e. The van der Waals surface area contributed by atoms with Gasteiger partial charge < -0.3 is 24.5 Å². The minimum absolute atomic E-state index is 0.0745. The van der Waals surface area contributed by atoms with Crippen molar-refractivity contribution in [3.8, 4) is 0 Å². The minimum atomic E-state index is -2.74. The molecule has 2 atom stereocenters. The fourth-order valence-corrected chi connectivity index (χ4v) is 4.25. The van der Waals surface area contributed by atoms with E-state index in [4.69, 9.17) is 4.52 Å². The number of hydrogen-bond donors (Lipinski definition) is 1. The first-order valence-electron chi connectivity index (χ1n) is 10.8. The Labute approximate surface area is 198 Å². The van der Waals surface area contributed by atoms with Gasteiger partial charge in [-0.3, -0.25) is 14.5 Å². The Hall–Kier alpha value is -4.10. The second kappa shape index (κ2) is 8.29. The van der Waals surface area contributed by atoms with Crippen molar-refractivity contribution in [2.75, 3.05) is 36.9 Å². The third-order valence-electron chi connectivity index (χ3n) is 5.95. The lowest BCUT2D eigenvalue weighted by atomic mass is 10.1. The van der Waals surface area contributed by atoms with Crippen molar-refractivity contribution in [2.24, 2.45) is 4.99 Å². The van der Waals surface area contributed by atoms with Gasteiger partial charge in [0.15, 0.2) is 12.2 Å². The number of rotatable bonds is 6. The van der Waals surface area contributed by atoms with Crippen LogP contribution in [0.2, 0.25) is 0 Å². The predicted molar refractivity (Wildman–Crippen MR) is 118 cm³/mol. The smallest absolute Gasteiger partial charge is 0.328 e. The molecule has 0 saturated carbocycles. The summed E-state index contributed by atoms with van der Waals surface area (Å²) in [6.07, 6.45) is 0.597. The van der Waals surface area contributed by atoms with Crippen molar-refractivity contribution < 1.29 is 27.7 Å². The molecule has 0 spiro atoms.